The lowest BCUT2D eigenvalue weighted by Crippen LogP contribution is -2.43. The molecule has 1 N–H and O–H groups in total. The molecule has 0 unspecified atom stereocenters. The molecule has 0 radical (unpaired) electrons. The van der Waals surface area contributed by atoms with Gasteiger partial charge in [0.1, 0.15) is 0 Å². The first-order valence-electron chi connectivity index (χ1n) is 7.66. The summed E-state index contributed by atoms with van der Waals surface area (Å²) in [5.74, 6) is -0.455. The molecule has 3 rings (SSSR count). The van der Waals surface area contributed by atoms with Crippen molar-refractivity contribution >= 4 is 5.91 Å². The highest BCUT2D eigenvalue weighted by Crippen LogP contribution is 2.32. The molecule has 1 aliphatic carbocycles. The molecule has 1 aliphatic rings. The van der Waals surface area contributed by atoms with Crippen LogP contribution in [0.5, 0.6) is 0 Å². The lowest BCUT2D eigenvalue weighted by molar-refractivity contribution is 0.0947. The second kappa shape index (κ2) is 6.34. The number of carbonyl (C=O) groups is 1. The highest BCUT2D eigenvalue weighted by atomic mass is 16.3. The summed E-state index contributed by atoms with van der Waals surface area (Å²) in [5, 5.41) is 9.24. The SMILES string of the molecule is O=C(c1ccccc1)n1c(=O)ccn([C@@H]2CC[C@H](CO)C2)c1=O. The molecule has 1 fully saturated rings. The maximum atomic E-state index is 12.6. The molecule has 6 nitrogen and oxygen atoms in total. The molecule has 0 amide bonds. The third-order valence-electron chi connectivity index (χ3n) is 4.40. The van der Waals surface area contributed by atoms with Crippen molar-refractivity contribution in [2.24, 2.45) is 5.92 Å². The molecule has 120 valence electrons. The van der Waals surface area contributed by atoms with Crippen LogP contribution in [0, 0.1) is 5.92 Å². The molecular weight excluding hydrogens is 296 g/mol. The molecule has 1 saturated carbocycles. The van der Waals surface area contributed by atoms with E-state index in [4.69, 9.17) is 0 Å². The van der Waals surface area contributed by atoms with Gasteiger partial charge in [-0.05, 0) is 37.3 Å². The van der Waals surface area contributed by atoms with Gasteiger partial charge in [-0.3, -0.25) is 14.2 Å². The highest BCUT2D eigenvalue weighted by Gasteiger charge is 2.27. The summed E-state index contributed by atoms with van der Waals surface area (Å²) in [7, 11) is 0. The molecular formula is C17H18N2O4. The van der Waals surface area contributed by atoms with Crippen molar-refractivity contribution in [1.29, 1.82) is 0 Å². The third kappa shape index (κ3) is 2.90. The predicted octanol–water partition coefficient (Wildman–Crippen LogP) is 1.03. The van der Waals surface area contributed by atoms with Crippen LogP contribution >= 0.6 is 0 Å². The summed E-state index contributed by atoms with van der Waals surface area (Å²) >= 11 is 0. The minimum atomic E-state index is -0.628. The van der Waals surface area contributed by atoms with Crippen molar-refractivity contribution in [1.82, 2.24) is 9.13 Å². The maximum Gasteiger partial charge on any atom is 0.338 e. The minimum Gasteiger partial charge on any atom is -0.396 e. The van der Waals surface area contributed by atoms with Crippen molar-refractivity contribution in [3.63, 3.8) is 0 Å². The average Bonchev–Trinajstić information content (AvgIpc) is 3.04. The molecule has 1 heterocycles. The first kappa shape index (κ1) is 15.4. The van der Waals surface area contributed by atoms with Crippen molar-refractivity contribution in [2.45, 2.75) is 25.3 Å². The topological polar surface area (TPSA) is 81.3 Å². The summed E-state index contributed by atoms with van der Waals surface area (Å²) in [6.07, 6.45) is 3.71. The molecule has 6 heteroatoms. The Morgan fingerprint density at radius 1 is 1.13 bits per heavy atom. The lowest BCUT2D eigenvalue weighted by Gasteiger charge is -2.15. The smallest absolute Gasteiger partial charge is 0.338 e. The van der Waals surface area contributed by atoms with Crippen molar-refractivity contribution in [3.8, 4) is 0 Å². The molecule has 0 spiro atoms. The number of aromatic nitrogens is 2. The van der Waals surface area contributed by atoms with E-state index in [1.165, 1.54) is 16.8 Å². The fourth-order valence-corrected chi connectivity index (χ4v) is 3.13. The number of nitrogens with zero attached hydrogens (tertiary/aromatic N) is 2. The van der Waals surface area contributed by atoms with Gasteiger partial charge < -0.3 is 5.11 Å². The van der Waals surface area contributed by atoms with E-state index < -0.39 is 17.2 Å². The van der Waals surface area contributed by atoms with Crippen LogP contribution in [0.2, 0.25) is 0 Å². The Morgan fingerprint density at radius 3 is 2.52 bits per heavy atom. The number of carbonyl (C=O) groups excluding carboxylic acids is 1. The van der Waals surface area contributed by atoms with E-state index in [-0.39, 0.29) is 18.6 Å². The summed E-state index contributed by atoms with van der Waals surface area (Å²) in [5.41, 5.74) is -0.948. The highest BCUT2D eigenvalue weighted by molar-refractivity contribution is 5.95. The van der Waals surface area contributed by atoms with E-state index in [1.807, 2.05) is 0 Å². The van der Waals surface area contributed by atoms with Gasteiger partial charge in [0, 0.05) is 30.5 Å². The van der Waals surface area contributed by atoms with Gasteiger partial charge in [0.05, 0.1) is 0 Å². The number of rotatable bonds is 3. The Morgan fingerprint density at radius 2 is 1.87 bits per heavy atom. The van der Waals surface area contributed by atoms with E-state index >= 15 is 0 Å². The van der Waals surface area contributed by atoms with Crippen LogP contribution < -0.4 is 11.2 Å². The number of benzene rings is 1. The fraction of sp³-hybridized carbons (Fsp3) is 0.353. The van der Waals surface area contributed by atoms with Gasteiger partial charge in [-0.25, -0.2) is 4.79 Å². The van der Waals surface area contributed by atoms with E-state index in [0.717, 1.165) is 12.8 Å². The second-order valence-electron chi connectivity index (χ2n) is 5.87. The van der Waals surface area contributed by atoms with Crippen molar-refractivity contribution in [2.75, 3.05) is 6.61 Å². The summed E-state index contributed by atoms with van der Waals surface area (Å²) in [6, 6.07) is 9.43. The molecule has 2 aromatic rings. The van der Waals surface area contributed by atoms with Crippen LogP contribution in [0.25, 0.3) is 0 Å². The monoisotopic (exact) mass is 314 g/mol. The zero-order valence-corrected chi connectivity index (χ0v) is 12.6. The lowest BCUT2D eigenvalue weighted by atomic mass is 10.1. The Kier molecular flexibility index (Phi) is 4.25. The van der Waals surface area contributed by atoms with Gasteiger partial charge >= 0.3 is 5.69 Å². The first-order valence-corrected chi connectivity index (χ1v) is 7.66. The Labute approximate surface area is 132 Å². The minimum absolute atomic E-state index is 0.0879. The quantitative estimate of drug-likeness (QED) is 0.917. The van der Waals surface area contributed by atoms with Gasteiger partial charge in [0.25, 0.3) is 11.5 Å². The standard InChI is InChI=1S/C17H18N2O4/c20-11-12-6-7-14(10-12)18-9-8-15(21)19(17(18)23)16(22)13-4-2-1-3-5-13/h1-5,8-9,12,14,20H,6-7,10-11H2/t12-,14+/m0/s1. The summed E-state index contributed by atoms with van der Waals surface area (Å²) in [6.45, 7) is 0.0911. The Balaban J connectivity index is 2.02. The van der Waals surface area contributed by atoms with E-state index in [1.54, 1.807) is 30.3 Å². The molecule has 2 atom stereocenters. The van der Waals surface area contributed by atoms with Crippen molar-refractivity contribution < 1.29 is 9.90 Å². The molecule has 1 aromatic carbocycles. The van der Waals surface area contributed by atoms with Crippen LogP contribution in [-0.2, 0) is 0 Å². The van der Waals surface area contributed by atoms with Gasteiger partial charge in [0.15, 0.2) is 0 Å². The van der Waals surface area contributed by atoms with Crippen LogP contribution in [0.4, 0.5) is 0 Å². The van der Waals surface area contributed by atoms with Gasteiger partial charge in [0.2, 0.25) is 0 Å². The zero-order chi connectivity index (χ0) is 16.4. The largest absolute Gasteiger partial charge is 0.396 e. The van der Waals surface area contributed by atoms with Crippen LogP contribution in [0.1, 0.15) is 35.7 Å². The molecule has 0 aliphatic heterocycles. The molecule has 0 saturated heterocycles. The van der Waals surface area contributed by atoms with Crippen LogP contribution in [0.15, 0.2) is 52.2 Å². The van der Waals surface area contributed by atoms with Gasteiger partial charge in [-0.15, -0.1) is 0 Å². The first-order chi connectivity index (χ1) is 11.1. The van der Waals surface area contributed by atoms with Crippen molar-refractivity contribution in [3.05, 3.63) is 69.0 Å². The second-order valence-corrected chi connectivity index (χ2v) is 5.87. The maximum absolute atomic E-state index is 12.6. The van der Waals surface area contributed by atoms with Gasteiger partial charge in [-0.1, -0.05) is 18.2 Å². The molecule has 0 bridgehead atoms. The Hall–Kier alpha value is -2.47. The van der Waals surface area contributed by atoms with E-state index in [2.05, 4.69) is 0 Å². The van der Waals surface area contributed by atoms with Gasteiger partial charge in [-0.2, -0.15) is 4.57 Å². The third-order valence-corrected chi connectivity index (χ3v) is 4.40. The predicted molar refractivity (Wildman–Crippen MR) is 84.6 cm³/mol. The zero-order valence-electron chi connectivity index (χ0n) is 12.6. The molecule has 1 aromatic heterocycles. The number of hydrogen-bond acceptors (Lipinski definition) is 4. The fourth-order valence-electron chi connectivity index (χ4n) is 3.13. The van der Waals surface area contributed by atoms with E-state index in [9.17, 15) is 19.5 Å². The van der Waals surface area contributed by atoms with E-state index in [0.29, 0.717) is 16.6 Å². The summed E-state index contributed by atoms with van der Waals surface area (Å²) < 4.78 is 2.12. The number of aliphatic hydroxyl groups is 1. The number of hydrogen-bond donors (Lipinski definition) is 1. The average molecular weight is 314 g/mol. The van der Waals surface area contributed by atoms with Crippen LogP contribution in [0.3, 0.4) is 0 Å². The normalized spacial score (nSPS) is 20.6. The number of aliphatic hydroxyl groups excluding tert-OH is 1. The summed E-state index contributed by atoms with van der Waals surface area (Å²) in [4.78, 5) is 37.1. The Bertz CT molecular complexity index is 822. The molecule has 23 heavy (non-hydrogen) atoms. The van der Waals surface area contributed by atoms with Crippen LogP contribution in [-0.4, -0.2) is 26.8 Å².